The van der Waals surface area contributed by atoms with E-state index in [9.17, 15) is 0 Å². The van der Waals surface area contributed by atoms with Gasteiger partial charge < -0.3 is 4.57 Å². The highest BCUT2D eigenvalue weighted by molar-refractivity contribution is 6.13. The number of hydrogen-bond acceptors (Lipinski definition) is 0. The predicted molar refractivity (Wildman–Crippen MR) is 229 cm³/mol. The van der Waals surface area contributed by atoms with Crippen molar-refractivity contribution in [3.05, 3.63) is 186 Å². The van der Waals surface area contributed by atoms with Gasteiger partial charge >= 0.3 is 0 Å². The van der Waals surface area contributed by atoms with Gasteiger partial charge in [0.25, 0.3) is 0 Å². The molecule has 0 radical (unpaired) electrons. The van der Waals surface area contributed by atoms with Crippen LogP contribution in [0.5, 0.6) is 0 Å². The lowest BCUT2D eigenvalue weighted by Crippen LogP contribution is -2.24. The van der Waals surface area contributed by atoms with Crippen molar-refractivity contribution in [1.29, 1.82) is 0 Å². The molecule has 0 fully saturated rings. The van der Waals surface area contributed by atoms with Gasteiger partial charge in [0, 0.05) is 33.7 Å². The van der Waals surface area contributed by atoms with Gasteiger partial charge in [-0.1, -0.05) is 155 Å². The molecule has 2 aliphatic carbocycles. The summed E-state index contributed by atoms with van der Waals surface area (Å²) in [6.45, 7) is 12.0. The summed E-state index contributed by atoms with van der Waals surface area (Å²) >= 11 is 0. The summed E-state index contributed by atoms with van der Waals surface area (Å²) < 4.78 is 2.45. The van der Waals surface area contributed by atoms with Crippen LogP contribution in [0.2, 0.25) is 0 Å². The van der Waals surface area contributed by atoms with Crippen LogP contribution in [0.3, 0.4) is 0 Å². The van der Waals surface area contributed by atoms with E-state index >= 15 is 0 Å². The summed E-state index contributed by atoms with van der Waals surface area (Å²) in [6, 6.07) is 56.9. The van der Waals surface area contributed by atoms with Gasteiger partial charge in [-0.15, -0.1) is 0 Å². The second-order valence-corrected chi connectivity index (χ2v) is 16.6. The predicted octanol–water partition coefficient (Wildman–Crippen LogP) is 14.2. The molecule has 1 heterocycles. The minimum Gasteiger partial charge on any atom is -0.316 e. The smallest absolute Gasteiger partial charge is 0.0616 e. The van der Waals surface area contributed by atoms with Gasteiger partial charge in [-0.25, -0.2) is 0 Å². The van der Waals surface area contributed by atoms with Crippen LogP contribution in [0.15, 0.2) is 158 Å². The zero-order valence-electron chi connectivity index (χ0n) is 31.5. The first-order valence-corrected chi connectivity index (χ1v) is 19.3. The molecule has 0 amide bonds. The lowest BCUT2D eigenvalue weighted by molar-refractivity contribution is 0.602. The van der Waals surface area contributed by atoms with Crippen LogP contribution >= 0.6 is 0 Å². The number of hydrogen-bond donors (Lipinski definition) is 0. The topological polar surface area (TPSA) is 4.93 Å². The second kappa shape index (κ2) is 10.9. The van der Waals surface area contributed by atoms with E-state index in [2.05, 4.69) is 197 Å². The van der Waals surface area contributed by atoms with Crippen molar-refractivity contribution < 1.29 is 0 Å². The average Bonchev–Trinajstić information content (AvgIpc) is 3.80. The maximum atomic E-state index is 2.50. The Morgan fingerprint density at radius 2 is 0.926 bits per heavy atom. The maximum absolute atomic E-state index is 2.50. The Hall–Kier alpha value is -6.18. The molecule has 9 aromatic rings. The highest BCUT2D eigenvalue weighted by atomic mass is 15.0. The zero-order chi connectivity index (χ0) is 36.5. The van der Waals surface area contributed by atoms with E-state index in [0.29, 0.717) is 0 Å². The van der Waals surface area contributed by atoms with Crippen molar-refractivity contribution >= 4 is 32.4 Å². The number of fused-ring (bicyclic) bond motifs is 12. The van der Waals surface area contributed by atoms with Crippen molar-refractivity contribution in [1.82, 2.24) is 4.57 Å². The van der Waals surface area contributed by atoms with Crippen LogP contribution in [0, 0.1) is 6.92 Å². The third-order valence-corrected chi connectivity index (χ3v) is 12.8. The molecule has 1 nitrogen and oxygen atoms in total. The molecule has 0 aliphatic heterocycles. The fourth-order valence-corrected chi connectivity index (χ4v) is 10.2. The van der Waals surface area contributed by atoms with Gasteiger partial charge in [0.2, 0.25) is 0 Å². The number of nitrogens with zero attached hydrogens (tertiary/aromatic N) is 1. The quantitative estimate of drug-likeness (QED) is 0.174. The van der Waals surface area contributed by atoms with E-state index in [0.717, 1.165) is 0 Å². The van der Waals surface area contributed by atoms with Gasteiger partial charge in [-0.2, -0.15) is 0 Å². The molecule has 11 rings (SSSR count). The van der Waals surface area contributed by atoms with Gasteiger partial charge in [0.1, 0.15) is 0 Å². The third-order valence-electron chi connectivity index (χ3n) is 12.8. The largest absolute Gasteiger partial charge is 0.316 e. The van der Waals surface area contributed by atoms with Crippen molar-refractivity contribution in [3.8, 4) is 50.2 Å². The van der Waals surface area contributed by atoms with Crippen LogP contribution in [0.4, 0.5) is 0 Å². The molecule has 1 aromatic heterocycles. The average molecular weight is 692 g/mol. The van der Waals surface area contributed by atoms with Crippen molar-refractivity contribution in [2.75, 3.05) is 0 Å². The van der Waals surface area contributed by atoms with E-state index in [1.54, 1.807) is 0 Å². The normalized spacial score (nSPS) is 14.7. The minimum absolute atomic E-state index is 0.215. The fourth-order valence-electron chi connectivity index (χ4n) is 10.2. The molecule has 2 aliphatic rings. The fraction of sp³-hybridized carbons (Fsp3) is 0.132. The number of aromatic nitrogens is 1. The zero-order valence-corrected chi connectivity index (χ0v) is 31.5. The minimum atomic E-state index is -0.232. The first kappa shape index (κ1) is 31.4. The standard InChI is InChI=1S/C53H41N/c1-32-20-24-37(25-21-32)54-29-28-44-47-42-26-22-35(40-18-10-14-33-12-6-8-16-38(33)40)30-45(42)52(2,3)49(47)50-48(51(44)54)43-27-23-36(31-46(43)53(50,4)5)41-19-11-15-34-13-7-9-17-39(34)41/h6-31H,1-5H3. The Balaban J connectivity index is 1.20. The molecule has 0 N–H and O–H groups in total. The molecule has 8 aromatic carbocycles. The summed E-state index contributed by atoms with van der Waals surface area (Å²) in [5, 5.41) is 6.47. The van der Waals surface area contributed by atoms with Gasteiger partial charge in [-0.05, 0) is 120 Å². The first-order chi connectivity index (χ1) is 26.2. The van der Waals surface area contributed by atoms with Gasteiger partial charge in [0.05, 0.1) is 5.52 Å². The molecule has 0 bridgehead atoms. The number of rotatable bonds is 3. The van der Waals surface area contributed by atoms with E-state index in [1.165, 1.54) is 110 Å². The van der Waals surface area contributed by atoms with Crippen LogP contribution in [-0.2, 0) is 10.8 Å². The molecule has 54 heavy (non-hydrogen) atoms. The monoisotopic (exact) mass is 691 g/mol. The number of aryl methyl sites for hydroxylation is 1. The highest BCUT2D eigenvalue weighted by Crippen LogP contribution is 2.63. The molecule has 0 atom stereocenters. The van der Waals surface area contributed by atoms with E-state index < -0.39 is 0 Å². The van der Waals surface area contributed by atoms with E-state index in [-0.39, 0.29) is 10.8 Å². The molecule has 1 heteroatoms. The van der Waals surface area contributed by atoms with Crippen molar-refractivity contribution in [3.63, 3.8) is 0 Å². The maximum Gasteiger partial charge on any atom is 0.0616 e. The Bertz CT molecular complexity index is 3030. The van der Waals surface area contributed by atoms with E-state index in [4.69, 9.17) is 0 Å². The van der Waals surface area contributed by atoms with Gasteiger partial charge in [0.15, 0.2) is 0 Å². The molecule has 0 unspecified atom stereocenters. The molecule has 0 saturated carbocycles. The summed E-state index contributed by atoms with van der Waals surface area (Å²) in [4.78, 5) is 0. The van der Waals surface area contributed by atoms with Crippen LogP contribution < -0.4 is 0 Å². The SMILES string of the molecule is Cc1ccc(-n2ccc3c4c(c5c(c32)-c2ccc(-c3cccc6ccccc36)cc2C5(C)C)C(C)(C)c2cc(-c3cccc5ccccc35)ccc2-4)cc1. The highest BCUT2D eigenvalue weighted by Gasteiger charge is 2.48. The summed E-state index contributed by atoms with van der Waals surface area (Å²) in [6.07, 6.45) is 2.31. The third kappa shape index (κ3) is 4.16. The summed E-state index contributed by atoms with van der Waals surface area (Å²) in [7, 11) is 0. The van der Waals surface area contributed by atoms with Crippen LogP contribution in [-0.4, -0.2) is 4.57 Å². The Morgan fingerprint density at radius 3 is 1.50 bits per heavy atom. The van der Waals surface area contributed by atoms with Gasteiger partial charge in [-0.3, -0.25) is 0 Å². The van der Waals surface area contributed by atoms with Crippen LogP contribution in [0.25, 0.3) is 82.6 Å². The van der Waals surface area contributed by atoms with Crippen LogP contribution in [0.1, 0.15) is 55.5 Å². The summed E-state index contributed by atoms with van der Waals surface area (Å²) in [5.74, 6) is 0. The Morgan fingerprint density at radius 1 is 0.426 bits per heavy atom. The summed E-state index contributed by atoms with van der Waals surface area (Å²) in [5.41, 5.74) is 19.7. The molecular formula is C53H41N. The molecule has 0 spiro atoms. The van der Waals surface area contributed by atoms with E-state index in [1.807, 2.05) is 0 Å². The lowest BCUT2D eigenvalue weighted by Gasteiger charge is -2.31. The van der Waals surface area contributed by atoms with Crippen molar-refractivity contribution in [2.24, 2.45) is 0 Å². The first-order valence-electron chi connectivity index (χ1n) is 19.3. The Kier molecular flexibility index (Phi) is 6.35. The molecular weight excluding hydrogens is 651 g/mol. The second-order valence-electron chi connectivity index (χ2n) is 16.6. The molecule has 0 saturated heterocycles. The Labute approximate surface area is 317 Å². The number of benzene rings is 8. The lowest BCUT2D eigenvalue weighted by atomic mass is 9.71. The molecule has 258 valence electrons. The van der Waals surface area contributed by atoms with Crippen molar-refractivity contribution in [2.45, 2.75) is 45.4 Å².